The number of rotatable bonds is 7. The van der Waals surface area contributed by atoms with Gasteiger partial charge in [-0.3, -0.25) is 24.6 Å². The molecule has 3 aromatic rings. The molecule has 9 nitrogen and oxygen atoms in total. The van der Waals surface area contributed by atoms with Crippen molar-refractivity contribution in [2.45, 2.75) is 13.0 Å². The molecule has 1 atom stereocenters. The molecule has 9 heteroatoms. The van der Waals surface area contributed by atoms with Crippen molar-refractivity contribution < 1.29 is 29.1 Å². The fraction of sp³-hybridized carbons (Fsp3) is 0.154. The number of nitro benzene ring substituents is 1. The number of anilines is 1. The van der Waals surface area contributed by atoms with E-state index >= 15 is 0 Å². The number of carbonyl (C=O) groups is 2. The third kappa shape index (κ3) is 4.43. The topological polar surface area (TPSA) is 119 Å². The lowest BCUT2D eigenvalue weighted by Crippen LogP contribution is -2.29. The first kappa shape index (κ1) is 23.5. The monoisotopic (exact) mass is 474 g/mol. The van der Waals surface area contributed by atoms with Crippen molar-refractivity contribution in [3.63, 3.8) is 0 Å². The van der Waals surface area contributed by atoms with Gasteiger partial charge in [-0.1, -0.05) is 0 Å². The number of nitrogens with zero attached hydrogens (tertiary/aromatic N) is 2. The van der Waals surface area contributed by atoms with E-state index in [1.54, 1.807) is 48.5 Å². The van der Waals surface area contributed by atoms with Crippen LogP contribution in [-0.4, -0.2) is 35.4 Å². The van der Waals surface area contributed by atoms with Crippen LogP contribution in [0, 0.1) is 10.1 Å². The number of Topliss-reactive ketones (excluding diaryl/α,β-unsaturated/α-hetero) is 1. The average molecular weight is 474 g/mol. The lowest BCUT2D eigenvalue weighted by molar-refractivity contribution is -0.384. The Kier molecular flexibility index (Phi) is 6.50. The Morgan fingerprint density at radius 3 is 2.11 bits per heavy atom. The molecule has 178 valence electrons. The fourth-order valence-corrected chi connectivity index (χ4v) is 3.97. The molecule has 1 aliphatic rings. The van der Waals surface area contributed by atoms with Crippen molar-refractivity contribution in [2.75, 3.05) is 18.6 Å². The molecule has 0 aliphatic carbocycles. The van der Waals surface area contributed by atoms with Gasteiger partial charge in [0.25, 0.3) is 17.4 Å². The predicted molar refractivity (Wildman–Crippen MR) is 128 cm³/mol. The molecule has 0 aromatic heterocycles. The molecule has 1 saturated heterocycles. The van der Waals surface area contributed by atoms with Crippen molar-refractivity contribution in [1.82, 2.24) is 0 Å². The molecule has 1 amide bonds. The summed E-state index contributed by atoms with van der Waals surface area (Å²) in [5, 5.41) is 22.3. The second-order valence-electron chi connectivity index (χ2n) is 7.67. The zero-order valence-corrected chi connectivity index (χ0v) is 19.0. The maximum absolute atomic E-state index is 13.2. The molecule has 1 heterocycles. The first-order valence-corrected chi connectivity index (χ1v) is 10.8. The van der Waals surface area contributed by atoms with Crippen molar-refractivity contribution >= 4 is 28.8 Å². The summed E-state index contributed by atoms with van der Waals surface area (Å²) < 4.78 is 10.6. The van der Waals surface area contributed by atoms with Gasteiger partial charge in [0.05, 0.1) is 30.3 Å². The van der Waals surface area contributed by atoms with Crippen LogP contribution in [0.1, 0.15) is 24.1 Å². The molecule has 1 N–H and O–H groups in total. The Labute approximate surface area is 201 Å². The molecule has 0 radical (unpaired) electrons. The van der Waals surface area contributed by atoms with Gasteiger partial charge in [0.1, 0.15) is 17.3 Å². The number of nitro groups is 1. The van der Waals surface area contributed by atoms with Gasteiger partial charge < -0.3 is 14.6 Å². The van der Waals surface area contributed by atoms with E-state index in [9.17, 15) is 24.8 Å². The van der Waals surface area contributed by atoms with E-state index in [0.29, 0.717) is 34.9 Å². The number of non-ortho nitro benzene ring substituents is 1. The number of hydrogen-bond donors (Lipinski definition) is 1. The van der Waals surface area contributed by atoms with Gasteiger partial charge >= 0.3 is 0 Å². The minimum absolute atomic E-state index is 0.121. The lowest BCUT2D eigenvalue weighted by Gasteiger charge is -2.25. The molecule has 1 aliphatic heterocycles. The SMILES string of the molecule is CCOc1ccc(/C(O)=C2\C(=O)C(=O)N(c3ccc(OC)cc3)[C@H]2c2ccc([N+](=O)[O-])cc2)cc1. The summed E-state index contributed by atoms with van der Waals surface area (Å²) in [5.41, 5.74) is 0.902. The molecule has 35 heavy (non-hydrogen) atoms. The van der Waals surface area contributed by atoms with Gasteiger partial charge in [-0.05, 0) is 73.2 Å². The molecule has 0 bridgehead atoms. The quantitative estimate of drug-likeness (QED) is 0.174. The number of ketones is 1. The van der Waals surface area contributed by atoms with E-state index in [1.165, 1.54) is 36.3 Å². The van der Waals surface area contributed by atoms with Crippen molar-refractivity contribution in [3.05, 3.63) is 99.6 Å². The third-order valence-electron chi connectivity index (χ3n) is 5.65. The van der Waals surface area contributed by atoms with Gasteiger partial charge in [-0.2, -0.15) is 0 Å². The minimum atomic E-state index is -1.00. The van der Waals surface area contributed by atoms with Crippen molar-refractivity contribution in [2.24, 2.45) is 0 Å². The Morgan fingerprint density at radius 1 is 0.971 bits per heavy atom. The molecule has 1 fully saturated rings. The first-order chi connectivity index (χ1) is 16.8. The Bertz CT molecular complexity index is 1300. The number of aliphatic hydroxyl groups excluding tert-OH is 1. The van der Waals surface area contributed by atoms with Crippen LogP contribution in [-0.2, 0) is 9.59 Å². The van der Waals surface area contributed by atoms with E-state index in [0.717, 1.165) is 0 Å². The number of ether oxygens (including phenoxy) is 2. The van der Waals surface area contributed by atoms with Gasteiger partial charge in [0.2, 0.25) is 0 Å². The largest absolute Gasteiger partial charge is 0.507 e. The zero-order chi connectivity index (χ0) is 25.1. The van der Waals surface area contributed by atoms with Crippen LogP contribution >= 0.6 is 0 Å². The molecular formula is C26H22N2O7. The third-order valence-corrected chi connectivity index (χ3v) is 5.65. The number of aliphatic hydroxyl groups is 1. The minimum Gasteiger partial charge on any atom is -0.507 e. The van der Waals surface area contributed by atoms with Gasteiger partial charge in [-0.25, -0.2) is 0 Å². The second kappa shape index (κ2) is 9.68. The highest BCUT2D eigenvalue weighted by Crippen LogP contribution is 2.42. The van der Waals surface area contributed by atoms with Crippen LogP contribution in [0.3, 0.4) is 0 Å². The van der Waals surface area contributed by atoms with E-state index in [-0.39, 0.29) is 17.0 Å². The number of amides is 1. The number of methoxy groups -OCH3 is 1. The predicted octanol–water partition coefficient (Wildman–Crippen LogP) is 4.63. The zero-order valence-electron chi connectivity index (χ0n) is 19.0. The van der Waals surface area contributed by atoms with Crippen LogP contribution in [0.25, 0.3) is 5.76 Å². The maximum Gasteiger partial charge on any atom is 0.300 e. The Hall–Kier alpha value is -4.66. The van der Waals surface area contributed by atoms with E-state index in [4.69, 9.17) is 9.47 Å². The Balaban J connectivity index is 1.87. The van der Waals surface area contributed by atoms with Crippen LogP contribution in [0.5, 0.6) is 11.5 Å². The molecule has 0 unspecified atom stereocenters. The highest BCUT2D eigenvalue weighted by Gasteiger charge is 2.47. The average Bonchev–Trinajstić information content (AvgIpc) is 3.14. The molecule has 0 saturated carbocycles. The summed E-state index contributed by atoms with van der Waals surface area (Å²) in [6.07, 6.45) is 0. The number of carbonyl (C=O) groups excluding carboxylic acids is 2. The fourth-order valence-electron chi connectivity index (χ4n) is 3.97. The van der Waals surface area contributed by atoms with E-state index < -0.39 is 22.7 Å². The van der Waals surface area contributed by atoms with Crippen LogP contribution in [0.2, 0.25) is 0 Å². The second-order valence-corrected chi connectivity index (χ2v) is 7.67. The smallest absolute Gasteiger partial charge is 0.300 e. The summed E-state index contributed by atoms with van der Waals surface area (Å²) in [6, 6.07) is 17.5. The summed E-state index contributed by atoms with van der Waals surface area (Å²) in [6.45, 7) is 2.32. The van der Waals surface area contributed by atoms with Gasteiger partial charge in [-0.15, -0.1) is 0 Å². The summed E-state index contributed by atoms with van der Waals surface area (Å²) in [7, 11) is 1.51. The summed E-state index contributed by atoms with van der Waals surface area (Å²) in [5.74, 6) is -0.895. The molecule has 0 spiro atoms. The normalized spacial score (nSPS) is 16.9. The van der Waals surface area contributed by atoms with E-state index in [1.807, 2.05) is 6.92 Å². The standard InChI is InChI=1S/C26H22N2O7/c1-3-35-21-12-6-17(7-13-21)24(29)22-23(16-4-8-19(9-5-16)28(32)33)27(26(31)25(22)30)18-10-14-20(34-2)15-11-18/h4-15,23,29H,3H2,1-2H3/b24-22+/t23-/m0/s1. The lowest BCUT2D eigenvalue weighted by atomic mass is 9.95. The highest BCUT2D eigenvalue weighted by molar-refractivity contribution is 6.51. The number of hydrogen-bond acceptors (Lipinski definition) is 7. The first-order valence-electron chi connectivity index (χ1n) is 10.8. The van der Waals surface area contributed by atoms with Crippen LogP contribution < -0.4 is 14.4 Å². The van der Waals surface area contributed by atoms with Crippen molar-refractivity contribution in [1.29, 1.82) is 0 Å². The van der Waals surface area contributed by atoms with Crippen LogP contribution in [0.15, 0.2) is 78.4 Å². The number of benzene rings is 3. The Morgan fingerprint density at radius 2 is 1.57 bits per heavy atom. The van der Waals surface area contributed by atoms with Crippen molar-refractivity contribution in [3.8, 4) is 11.5 Å². The highest BCUT2D eigenvalue weighted by atomic mass is 16.6. The summed E-state index contributed by atoms with van der Waals surface area (Å²) >= 11 is 0. The van der Waals surface area contributed by atoms with Gasteiger partial charge in [0, 0.05) is 23.4 Å². The summed E-state index contributed by atoms with van der Waals surface area (Å²) in [4.78, 5) is 38.2. The van der Waals surface area contributed by atoms with E-state index in [2.05, 4.69) is 0 Å². The molecule has 3 aromatic carbocycles. The van der Waals surface area contributed by atoms with Gasteiger partial charge in [0.15, 0.2) is 0 Å². The molecule has 4 rings (SSSR count). The molecular weight excluding hydrogens is 452 g/mol. The van der Waals surface area contributed by atoms with Crippen LogP contribution in [0.4, 0.5) is 11.4 Å². The maximum atomic E-state index is 13.2.